The molecule has 0 unspecified atom stereocenters. The number of hydrogen-bond donors (Lipinski definition) is 2. The SMILES string of the molecule is CC(C)[C@@H](NC(=O)c1cn2ccccc2n1)C(=O)O. The molecule has 0 radical (unpaired) electrons. The average Bonchev–Trinajstić information content (AvgIpc) is 2.78. The van der Waals surface area contributed by atoms with Crippen LogP contribution in [0.2, 0.25) is 0 Å². The molecule has 2 aromatic heterocycles. The van der Waals surface area contributed by atoms with E-state index in [2.05, 4.69) is 10.3 Å². The van der Waals surface area contributed by atoms with E-state index in [0.29, 0.717) is 5.65 Å². The summed E-state index contributed by atoms with van der Waals surface area (Å²) >= 11 is 0. The van der Waals surface area contributed by atoms with Crippen LogP contribution in [0.3, 0.4) is 0 Å². The number of fused-ring (bicyclic) bond motifs is 1. The Morgan fingerprint density at radius 1 is 1.37 bits per heavy atom. The van der Waals surface area contributed by atoms with Crippen molar-refractivity contribution in [2.75, 3.05) is 0 Å². The quantitative estimate of drug-likeness (QED) is 0.865. The molecule has 0 saturated heterocycles. The van der Waals surface area contributed by atoms with Gasteiger partial charge in [-0.15, -0.1) is 0 Å². The molecule has 2 N–H and O–H groups in total. The first-order valence-electron chi connectivity index (χ1n) is 5.96. The molecule has 1 amide bonds. The molecule has 0 aromatic carbocycles. The lowest BCUT2D eigenvalue weighted by molar-refractivity contribution is -0.140. The summed E-state index contributed by atoms with van der Waals surface area (Å²) in [6.07, 6.45) is 3.35. The highest BCUT2D eigenvalue weighted by Gasteiger charge is 2.24. The minimum atomic E-state index is -1.05. The van der Waals surface area contributed by atoms with Crippen LogP contribution in [0.4, 0.5) is 0 Å². The lowest BCUT2D eigenvalue weighted by Crippen LogP contribution is -2.44. The van der Waals surface area contributed by atoms with Crippen LogP contribution in [0.1, 0.15) is 24.3 Å². The van der Waals surface area contributed by atoms with Crippen LogP contribution in [-0.2, 0) is 4.79 Å². The van der Waals surface area contributed by atoms with Gasteiger partial charge in [-0.3, -0.25) is 4.79 Å². The van der Waals surface area contributed by atoms with Crippen molar-refractivity contribution in [3.8, 4) is 0 Å². The third-order valence-corrected chi connectivity index (χ3v) is 2.82. The molecule has 1 atom stereocenters. The normalized spacial score (nSPS) is 12.6. The van der Waals surface area contributed by atoms with E-state index in [0.717, 1.165) is 0 Å². The molecular formula is C13H15N3O3. The maximum absolute atomic E-state index is 12.0. The number of aliphatic carboxylic acids is 1. The smallest absolute Gasteiger partial charge is 0.326 e. The van der Waals surface area contributed by atoms with E-state index in [9.17, 15) is 9.59 Å². The van der Waals surface area contributed by atoms with Gasteiger partial charge in [-0.05, 0) is 18.1 Å². The fourth-order valence-corrected chi connectivity index (χ4v) is 1.77. The number of carboxylic acid groups (broad SMARTS) is 1. The summed E-state index contributed by atoms with van der Waals surface area (Å²) in [7, 11) is 0. The van der Waals surface area contributed by atoms with E-state index >= 15 is 0 Å². The Morgan fingerprint density at radius 2 is 2.11 bits per heavy atom. The molecule has 6 heteroatoms. The Morgan fingerprint density at radius 3 is 2.68 bits per heavy atom. The number of nitrogens with zero attached hydrogens (tertiary/aromatic N) is 2. The van der Waals surface area contributed by atoms with Crippen molar-refractivity contribution in [2.45, 2.75) is 19.9 Å². The van der Waals surface area contributed by atoms with E-state index in [1.165, 1.54) is 0 Å². The Kier molecular flexibility index (Phi) is 3.50. The predicted octanol–water partition coefficient (Wildman–Crippen LogP) is 1.17. The molecule has 19 heavy (non-hydrogen) atoms. The highest BCUT2D eigenvalue weighted by atomic mass is 16.4. The minimum Gasteiger partial charge on any atom is -0.480 e. The summed E-state index contributed by atoms with van der Waals surface area (Å²) in [6, 6.07) is 4.49. The first-order valence-corrected chi connectivity index (χ1v) is 5.96. The summed E-state index contributed by atoms with van der Waals surface area (Å²) in [6.45, 7) is 3.48. The number of carbonyl (C=O) groups excluding carboxylic acids is 1. The zero-order valence-corrected chi connectivity index (χ0v) is 10.7. The van der Waals surface area contributed by atoms with Crippen molar-refractivity contribution in [2.24, 2.45) is 5.92 Å². The van der Waals surface area contributed by atoms with Crippen molar-refractivity contribution in [3.05, 3.63) is 36.3 Å². The van der Waals surface area contributed by atoms with Crippen molar-refractivity contribution in [3.63, 3.8) is 0 Å². The topological polar surface area (TPSA) is 83.7 Å². The zero-order valence-electron chi connectivity index (χ0n) is 10.7. The minimum absolute atomic E-state index is 0.196. The maximum atomic E-state index is 12.0. The van der Waals surface area contributed by atoms with Crippen LogP contribution in [-0.4, -0.2) is 32.4 Å². The molecule has 0 aliphatic heterocycles. The average molecular weight is 261 g/mol. The van der Waals surface area contributed by atoms with Gasteiger partial charge in [0.1, 0.15) is 17.4 Å². The summed E-state index contributed by atoms with van der Waals surface area (Å²) < 4.78 is 1.71. The van der Waals surface area contributed by atoms with Gasteiger partial charge in [-0.2, -0.15) is 0 Å². The van der Waals surface area contributed by atoms with Gasteiger partial charge in [0.15, 0.2) is 0 Å². The Hall–Kier alpha value is -2.37. The molecule has 0 aliphatic rings. The Balaban J connectivity index is 2.21. The summed E-state index contributed by atoms with van der Waals surface area (Å²) in [5.74, 6) is -1.73. The number of aromatic nitrogens is 2. The second-order valence-corrected chi connectivity index (χ2v) is 4.63. The summed E-state index contributed by atoms with van der Waals surface area (Å²) in [5, 5.41) is 11.5. The number of amides is 1. The zero-order chi connectivity index (χ0) is 14.0. The standard InChI is InChI=1S/C13H15N3O3/c1-8(2)11(13(18)19)15-12(17)9-7-16-6-4-3-5-10(16)14-9/h3-8,11H,1-2H3,(H,15,17)(H,18,19)/t11-/m1/s1. The van der Waals surface area contributed by atoms with E-state index in [-0.39, 0.29) is 11.6 Å². The summed E-state index contributed by atoms with van der Waals surface area (Å²) in [4.78, 5) is 27.2. The molecule has 0 fully saturated rings. The lowest BCUT2D eigenvalue weighted by Gasteiger charge is -2.16. The molecule has 2 rings (SSSR count). The van der Waals surface area contributed by atoms with E-state index in [4.69, 9.17) is 5.11 Å². The number of carboxylic acids is 1. The number of nitrogens with one attached hydrogen (secondary N) is 1. The van der Waals surface area contributed by atoms with E-state index < -0.39 is 17.9 Å². The fraction of sp³-hybridized carbons (Fsp3) is 0.308. The Bertz CT molecular complexity index is 585. The lowest BCUT2D eigenvalue weighted by atomic mass is 10.0. The number of rotatable bonds is 4. The second kappa shape index (κ2) is 5.09. The van der Waals surface area contributed by atoms with E-state index in [1.54, 1.807) is 36.7 Å². The molecule has 2 aromatic rings. The van der Waals surface area contributed by atoms with E-state index in [1.807, 2.05) is 12.1 Å². The molecule has 6 nitrogen and oxygen atoms in total. The van der Waals surface area contributed by atoms with Crippen LogP contribution >= 0.6 is 0 Å². The molecule has 0 bridgehead atoms. The molecule has 2 heterocycles. The van der Waals surface area contributed by atoms with Crippen molar-refractivity contribution < 1.29 is 14.7 Å². The fourth-order valence-electron chi connectivity index (χ4n) is 1.77. The van der Waals surface area contributed by atoms with Gasteiger partial charge >= 0.3 is 5.97 Å². The summed E-state index contributed by atoms with van der Waals surface area (Å²) in [5.41, 5.74) is 0.849. The van der Waals surface area contributed by atoms with Gasteiger partial charge in [0.25, 0.3) is 5.91 Å². The number of carbonyl (C=O) groups is 2. The first-order chi connectivity index (χ1) is 8.99. The van der Waals surface area contributed by atoms with Crippen molar-refractivity contribution in [1.82, 2.24) is 14.7 Å². The third-order valence-electron chi connectivity index (χ3n) is 2.82. The maximum Gasteiger partial charge on any atom is 0.326 e. The molecule has 100 valence electrons. The van der Waals surface area contributed by atoms with Gasteiger partial charge in [-0.25, -0.2) is 9.78 Å². The second-order valence-electron chi connectivity index (χ2n) is 4.63. The van der Waals surface area contributed by atoms with Crippen LogP contribution in [0.15, 0.2) is 30.6 Å². The number of hydrogen-bond acceptors (Lipinski definition) is 3. The highest BCUT2D eigenvalue weighted by Crippen LogP contribution is 2.07. The van der Waals surface area contributed by atoms with Gasteiger partial charge in [0.2, 0.25) is 0 Å². The molecule has 0 spiro atoms. The van der Waals surface area contributed by atoms with Crippen LogP contribution < -0.4 is 5.32 Å². The third kappa shape index (κ3) is 2.73. The molecule has 0 aliphatic carbocycles. The van der Waals surface area contributed by atoms with Crippen LogP contribution in [0, 0.1) is 5.92 Å². The van der Waals surface area contributed by atoms with Gasteiger partial charge in [0, 0.05) is 12.4 Å². The highest BCUT2D eigenvalue weighted by molar-refractivity contribution is 5.95. The van der Waals surface area contributed by atoms with Crippen molar-refractivity contribution >= 4 is 17.5 Å². The monoisotopic (exact) mass is 261 g/mol. The predicted molar refractivity (Wildman–Crippen MR) is 68.9 cm³/mol. The van der Waals surface area contributed by atoms with Crippen molar-refractivity contribution in [1.29, 1.82) is 0 Å². The van der Waals surface area contributed by atoms with Gasteiger partial charge in [0.05, 0.1) is 0 Å². The van der Waals surface area contributed by atoms with Gasteiger partial charge in [-0.1, -0.05) is 19.9 Å². The Labute approximate surface area is 110 Å². The number of imidazole rings is 1. The molecule has 0 saturated carbocycles. The van der Waals surface area contributed by atoms with Crippen LogP contribution in [0.25, 0.3) is 5.65 Å². The van der Waals surface area contributed by atoms with Crippen LogP contribution in [0.5, 0.6) is 0 Å². The number of pyridine rings is 1. The first kappa shape index (κ1) is 13.1. The molecular weight excluding hydrogens is 246 g/mol. The largest absolute Gasteiger partial charge is 0.480 e. The van der Waals surface area contributed by atoms with Gasteiger partial charge < -0.3 is 14.8 Å².